The summed E-state index contributed by atoms with van der Waals surface area (Å²) in [5.41, 5.74) is 35.6. The lowest BCUT2D eigenvalue weighted by Gasteiger charge is -2.28. The lowest BCUT2D eigenvalue weighted by Crippen LogP contribution is -2.13. The second-order valence-electron chi connectivity index (χ2n) is 38.0. The second-order valence-corrected chi connectivity index (χ2v) is 38.0. The van der Waals surface area contributed by atoms with Gasteiger partial charge in [0.1, 0.15) is 5.82 Å². The highest BCUT2D eigenvalue weighted by molar-refractivity contribution is 6.07. The first-order valence-corrected chi connectivity index (χ1v) is 45.8. The third kappa shape index (κ3) is 18.7. The van der Waals surface area contributed by atoms with E-state index in [1.807, 2.05) is 36.4 Å². The fourth-order valence-electron chi connectivity index (χ4n) is 18.5. The van der Waals surface area contributed by atoms with Crippen LogP contribution in [0.2, 0.25) is 0 Å². The average molecular weight is 1700 g/mol. The van der Waals surface area contributed by atoms with Crippen LogP contribution in [0.25, 0.3) is 101 Å². The molecule has 0 aromatic heterocycles. The van der Waals surface area contributed by atoms with Crippen molar-refractivity contribution < 1.29 is 4.39 Å². The van der Waals surface area contributed by atoms with E-state index in [2.05, 4.69) is 494 Å². The van der Waals surface area contributed by atoms with E-state index < -0.39 is 0 Å². The van der Waals surface area contributed by atoms with Gasteiger partial charge in [0, 0.05) is 39.1 Å². The predicted octanol–water partition coefficient (Wildman–Crippen LogP) is 35.6. The van der Waals surface area contributed by atoms with Crippen LogP contribution in [0.5, 0.6) is 0 Å². The van der Waals surface area contributed by atoms with Crippen molar-refractivity contribution in [1.29, 1.82) is 0 Å². The fraction of sp³-hybridized carbons (Fsp3) is 0.125. The Bertz CT molecular complexity index is 7240. The molecule has 18 aromatic rings. The molecule has 0 fully saturated rings. The van der Waals surface area contributed by atoms with Crippen molar-refractivity contribution >= 4 is 124 Å². The van der Waals surface area contributed by atoms with Crippen molar-refractivity contribution in [2.24, 2.45) is 0 Å². The van der Waals surface area contributed by atoms with Gasteiger partial charge in [-0.2, -0.15) is 0 Å². The summed E-state index contributed by atoms with van der Waals surface area (Å²) < 4.78 is 17.0. The van der Waals surface area contributed by atoms with Crippen molar-refractivity contribution in [2.45, 2.75) is 106 Å². The van der Waals surface area contributed by atoms with Crippen LogP contribution in [-0.2, 0) is 16.2 Å². The Morgan fingerprint density at radius 3 is 1.08 bits per heavy atom. The Hall–Kier alpha value is -15.0. The molecule has 0 amide bonds. The van der Waals surface area contributed by atoms with Crippen molar-refractivity contribution in [3.63, 3.8) is 0 Å². The molecule has 0 N–H and O–H groups in total. The van der Waals surface area contributed by atoms with Gasteiger partial charge in [0.15, 0.2) is 0 Å². The first kappa shape index (κ1) is 86.7. The number of anilines is 6. The minimum atomic E-state index is -0.294. The molecular formula is C128H111FN2. The highest BCUT2D eigenvalue weighted by atomic mass is 19.1. The van der Waals surface area contributed by atoms with E-state index in [0.29, 0.717) is 5.56 Å². The van der Waals surface area contributed by atoms with Crippen molar-refractivity contribution in [3.8, 4) is 11.1 Å². The Balaban J connectivity index is 0.000000176. The predicted molar refractivity (Wildman–Crippen MR) is 564 cm³/mol. The number of benzene rings is 18. The smallest absolute Gasteiger partial charge is 0.132 e. The number of allylic oxidation sites excluding steroid dienone is 4. The van der Waals surface area contributed by atoms with E-state index in [9.17, 15) is 0 Å². The largest absolute Gasteiger partial charge is 0.310 e. The summed E-state index contributed by atoms with van der Waals surface area (Å²) in [6, 6.07) is 139. The number of fused-ring (bicyclic) bond motifs is 7. The lowest BCUT2D eigenvalue weighted by atomic mass is 9.84. The van der Waals surface area contributed by atoms with E-state index in [-0.39, 0.29) is 22.1 Å². The summed E-state index contributed by atoms with van der Waals surface area (Å²) in [5.74, 6) is -0.294. The van der Waals surface area contributed by atoms with Gasteiger partial charge in [-0.3, -0.25) is 0 Å². The van der Waals surface area contributed by atoms with Crippen molar-refractivity contribution in [2.75, 3.05) is 9.80 Å². The molecule has 0 heterocycles. The molecule has 0 spiro atoms. The zero-order valence-electron chi connectivity index (χ0n) is 77.3. The molecule has 0 radical (unpaired) electrons. The van der Waals surface area contributed by atoms with E-state index in [0.717, 1.165) is 83.5 Å². The first-order chi connectivity index (χ1) is 63.4. The van der Waals surface area contributed by atoms with E-state index in [4.69, 9.17) is 0 Å². The molecule has 0 bridgehead atoms. The zero-order valence-corrected chi connectivity index (χ0v) is 77.3. The van der Waals surface area contributed by atoms with Crippen LogP contribution in [0.4, 0.5) is 38.5 Å². The normalized spacial score (nSPS) is 12.0. The summed E-state index contributed by atoms with van der Waals surface area (Å²) in [6.45, 7) is 29.1. The average Bonchev–Trinajstić information content (AvgIpc) is 1.75. The number of aryl methyl sites for hydroxylation is 4. The van der Waals surface area contributed by atoms with E-state index in [1.54, 1.807) is 6.07 Å². The molecule has 0 unspecified atom stereocenters. The Morgan fingerprint density at radius 1 is 0.267 bits per heavy atom. The van der Waals surface area contributed by atoms with Crippen LogP contribution < -0.4 is 9.80 Å². The highest BCUT2D eigenvalue weighted by Crippen LogP contribution is 2.48. The molecule has 640 valence electrons. The van der Waals surface area contributed by atoms with E-state index >= 15 is 4.39 Å². The maximum Gasteiger partial charge on any atom is 0.132 e. The summed E-state index contributed by atoms with van der Waals surface area (Å²) in [6.07, 6.45) is 17.7. The molecule has 19 rings (SSSR count). The van der Waals surface area contributed by atoms with Gasteiger partial charge >= 0.3 is 0 Å². The van der Waals surface area contributed by atoms with Crippen LogP contribution in [0, 0.1) is 33.5 Å². The van der Waals surface area contributed by atoms with Crippen molar-refractivity contribution in [3.05, 3.63) is 524 Å². The summed E-state index contributed by atoms with van der Waals surface area (Å²) in [5, 5.41) is 9.32. The standard InChI is InChI=1S/C66H67N.C62H44FN/c1-46-19-25-50(26-20-46)59(51-27-21-47(2)22-28-51)18-14-15-49-33-44-63(61-17-13-12-16-60(49)61)67(58-42-38-56(39-43-58)66(9,10)11)57-40-23-48(24-41-57)45-62(52-29-34-54(35-30-52)64(3,4)5)53-31-36-55(37-32-53)65(6,7)8;1-41-35-47(37-44-17-6-8-22-51(41)44)60(48-36-42(2)52-23-9-7-18-45(52)38-48)39-46-31-33-50(40-61(46)63)64(49-20-4-3-5-21-49)62-34-32-43(53-24-10-15-29-59(53)62)19-16-30-58-56-27-13-11-25-54(56)55-26-12-14-28-57(55)58/h12-45H,1-11H3;3-40H,1-2H3/b15-14+;19-16+. The molecular weight excluding hydrogens is 1580 g/mol. The SMILES string of the molecule is Cc1cc(C(=Cc2ccc(N(c3ccccc3)c3ccc(/C=C/C=C4c5ccccc5-c5ccccc54)c4ccccc34)cc2F)c2cc(C)c3ccccc3c2)cc2ccccc12.Cc1ccc(C(=C/C=C/c2ccc(N(c3ccc(C=C(c4ccc(C(C)(C)C)cc4)c4ccc(C(C)(C)C)cc4)cc3)c3ccc(C(C)(C)C)cc3)c3ccccc23)c2ccc(C)cc2)cc1. The minimum Gasteiger partial charge on any atom is -0.310 e. The van der Waals surface area contributed by atoms with Crippen LogP contribution in [-0.4, -0.2) is 0 Å². The molecule has 0 atom stereocenters. The maximum absolute atomic E-state index is 17.0. The molecule has 0 saturated carbocycles. The molecule has 0 saturated heterocycles. The summed E-state index contributed by atoms with van der Waals surface area (Å²) in [7, 11) is 0. The fourth-order valence-corrected chi connectivity index (χ4v) is 18.5. The Morgan fingerprint density at radius 2 is 0.618 bits per heavy atom. The number of hydrogen-bond acceptors (Lipinski definition) is 2. The molecule has 2 nitrogen and oxygen atoms in total. The van der Waals surface area contributed by atoms with Crippen LogP contribution in [0.15, 0.2) is 413 Å². The zero-order chi connectivity index (χ0) is 90.7. The maximum atomic E-state index is 17.0. The number of halogens is 1. The van der Waals surface area contributed by atoms with Gasteiger partial charge in [0.05, 0.1) is 11.4 Å². The summed E-state index contributed by atoms with van der Waals surface area (Å²) in [4.78, 5) is 4.58. The highest BCUT2D eigenvalue weighted by Gasteiger charge is 2.26. The van der Waals surface area contributed by atoms with Crippen LogP contribution in [0.3, 0.4) is 0 Å². The third-order valence-electron chi connectivity index (χ3n) is 25.8. The van der Waals surface area contributed by atoms with Gasteiger partial charge in [0.25, 0.3) is 0 Å². The molecule has 18 aromatic carbocycles. The van der Waals surface area contributed by atoms with Gasteiger partial charge in [0.2, 0.25) is 0 Å². The number of rotatable bonds is 18. The number of nitrogens with zero attached hydrogens (tertiary/aromatic N) is 2. The van der Waals surface area contributed by atoms with Crippen LogP contribution in [0.1, 0.15) is 168 Å². The van der Waals surface area contributed by atoms with E-state index in [1.165, 1.54) is 127 Å². The summed E-state index contributed by atoms with van der Waals surface area (Å²) >= 11 is 0. The molecule has 1 aliphatic carbocycles. The molecule has 3 heteroatoms. The number of hydrogen-bond donors (Lipinski definition) is 0. The second kappa shape index (κ2) is 37.0. The molecule has 131 heavy (non-hydrogen) atoms. The Kier molecular flexibility index (Phi) is 24.5. The Labute approximate surface area is 774 Å². The topological polar surface area (TPSA) is 6.48 Å². The van der Waals surface area contributed by atoms with Gasteiger partial charge in [-0.05, 0) is 290 Å². The quantitative estimate of drug-likeness (QED) is 0.0624. The van der Waals surface area contributed by atoms with Gasteiger partial charge < -0.3 is 9.80 Å². The minimum absolute atomic E-state index is 0.0447. The molecule has 0 aliphatic heterocycles. The number of para-hydroxylation sites is 1. The lowest BCUT2D eigenvalue weighted by molar-refractivity contribution is 0.590. The van der Waals surface area contributed by atoms with Crippen molar-refractivity contribution in [1.82, 2.24) is 0 Å². The first-order valence-electron chi connectivity index (χ1n) is 45.8. The molecule has 1 aliphatic rings. The van der Waals surface area contributed by atoms with Crippen LogP contribution >= 0.6 is 0 Å². The monoisotopic (exact) mass is 1690 g/mol. The third-order valence-corrected chi connectivity index (χ3v) is 25.8. The van der Waals surface area contributed by atoms with Gasteiger partial charge in [-0.25, -0.2) is 4.39 Å². The van der Waals surface area contributed by atoms with Gasteiger partial charge in [-0.1, -0.05) is 419 Å². The van der Waals surface area contributed by atoms with Gasteiger partial charge in [-0.15, -0.1) is 0 Å².